The number of rotatable bonds is 9. The Labute approximate surface area is 201 Å². The van der Waals surface area contributed by atoms with Gasteiger partial charge in [0.25, 0.3) is 5.91 Å². The molecule has 1 saturated heterocycles. The maximum atomic E-state index is 14.1. The summed E-state index contributed by atoms with van der Waals surface area (Å²) >= 11 is 3.98. The molecule has 0 spiro atoms. The van der Waals surface area contributed by atoms with E-state index < -0.39 is 24.1 Å². The molecule has 0 unspecified atom stereocenters. The minimum absolute atomic E-state index is 0.00601. The molecule has 4 rings (SSSR count). The number of amides is 1. The number of piperazine rings is 1. The standard InChI is InChI=1S/C20H22BrF2N7O2S/c21-12-7-15(22)14(16(23)8-12)11-32-19-17(18(24)31)20(33-28-19)27-13-9-26-30(10-13)6-5-29-3-1-25-2-4-29/h7-10,25,27H,1-6,11H2,(H2,24,31). The highest BCUT2D eigenvalue weighted by Crippen LogP contribution is 2.33. The van der Waals surface area contributed by atoms with E-state index in [1.54, 1.807) is 6.20 Å². The zero-order chi connectivity index (χ0) is 23.4. The van der Waals surface area contributed by atoms with Gasteiger partial charge in [-0.15, -0.1) is 0 Å². The number of carbonyl (C=O) groups excluding carboxylic acids is 1. The zero-order valence-corrected chi connectivity index (χ0v) is 19.9. The number of halogens is 3. The summed E-state index contributed by atoms with van der Waals surface area (Å²) in [6, 6.07) is 2.26. The molecule has 0 aliphatic carbocycles. The third-order valence-electron chi connectivity index (χ3n) is 5.11. The highest BCUT2D eigenvalue weighted by molar-refractivity contribution is 9.10. The number of primary amides is 1. The highest BCUT2D eigenvalue weighted by atomic mass is 79.9. The summed E-state index contributed by atoms with van der Waals surface area (Å²) in [5.41, 5.74) is 5.90. The SMILES string of the molecule is NC(=O)c1c(OCc2c(F)cc(Br)cc2F)nsc1Nc1cnn(CCN2CCNCC2)c1. The summed E-state index contributed by atoms with van der Waals surface area (Å²) in [4.78, 5) is 14.4. The van der Waals surface area contributed by atoms with Gasteiger partial charge in [-0.1, -0.05) is 15.9 Å². The summed E-state index contributed by atoms with van der Waals surface area (Å²) in [7, 11) is 0. The van der Waals surface area contributed by atoms with E-state index in [2.05, 4.69) is 40.9 Å². The van der Waals surface area contributed by atoms with E-state index in [4.69, 9.17) is 10.5 Å². The lowest BCUT2D eigenvalue weighted by Crippen LogP contribution is -2.44. The van der Waals surface area contributed by atoms with Crippen LogP contribution in [0.3, 0.4) is 0 Å². The third-order valence-corrected chi connectivity index (χ3v) is 6.32. The molecule has 1 aliphatic heterocycles. The average Bonchev–Trinajstić information content (AvgIpc) is 3.39. The van der Waals surface area contributed by atoms with Gasteiger partial charge < -0.3 is 21.1 Å². The van der Waals surface area contributed by atoms with Gasteiger partial charge in [-0.05, 0) is 23.7 Å². The molecule has 0 bridgehead atoms. The third kappa shape index (κ3) is 5.85. The Morgan fingerprint density at radius 1 is 1.27 bits per heavy atom. The second-order valence-corrected chi connectivity index (χ2v) is 9.09. The zero-order valence-electron chi connectivity index (χ0n) is 17.5. The summed E-state index contributed by atoms with van der Waals surface area (Å²) < 4.78 is 39.7. The highest BCUT2D eigenvalue weighted by Gasteiger charge is 2.22. The number of benzene rings is 1. The number of nitrogens with two attached hydrogens (primary N) is 1. The van der Waals surface area contributed by atoms with Crippen LogP contribution in [0.4, 0.5) is 19.5 Å². The van der Waals surface area contributed by atoms with Crippen LogP contribution < -0.4 is 21.1 Å². The van der Waals surface area contributed by atoms with Crippen molar-refractivity contribution in [3.8, 4) is 5.88 Å². The monoisotopic (exact) mass is 541 g/mol. The van der Waals surface area contributed by atoms with Gasteiger partial charge in [-0.3, -0.25) is 14.4 Å². The lowest BCUT2D eigenvalue weighted by molar-refractivity contribution is 0.0996. The van der Waals surface area contributed by atoms with Crippen molar-refractivity contribution in [3.05, 3.63) is 51.8 Å². The molecule has 13 heteroatoms. The second-order valence-electron chi connectivity index (χ2n) is 7.40. The van der Waals surface area contributed by atoms with Crippen LogP contribution in [0.1, 0.15) is 15.9 Å². The van der Waals surface area contributed by atoms with Crippen LogP contribution in [-0.2, 0) is 13.2 Å². The normalized spacial score (nSPS) is 14.4. The first-order valence-electron chi connectivity index (χ1n) is 10.2. The summed E-state index contributed by atoms with van der Waals surface area (Å²) in [5, 5.41) is 11.1. The number of anilines is 2. The topological polar surface area (TPSA) is 110 Å². The molecule has 0 atom stereocenters. The van der Waals surface area contributed by atoms with Crippen LogP contribution >= 0.6 is 27.5 Å². The van der Waals surface area contributed by atoms with E-state index >= 15 is 0 Å². The first kappa shape index (κ1) is 23.5. The number of nitrogens with one attached hydrogen (secondary N) is 2. The van der Waals surface area contributed by atoms with Gasteiger partial charge in [0.2, 0.25) is 5.88 Å². The fourth-order valence-corrected chi connectivity index (χ4v) is 4.55. The van der Waals surface area contributed by atoms with Gasteiger partial charge in [0, 0.05) is 43.4 Å². The number of nitrogens with zero attached hydrogens (tertiary/aromatic N) is 4. The Morgan fingerprint density at radius 3 is 2.70 bits per heavy atom. The van der Waals surface area contributed by atoms with Crippen molar-refractivity contribution in [3.63, 3.8) is 0 Å². The quantitative estimate of drug-likeness (QED) is 0.382. The molecule has 176 valence electrons. The van der Waals surface area contributed by atoms with Crippen LogP contribution in [0.25, 0.3) is 0 Å². The molecule has 1 aromatic carbocycles. The lowest BCUT2D eigenvalue weighted by atomic mass is 10.2. The Bertz CT molecular complexity index is 1110. The van der Waals surface area contributed by atoms with E-state index in [0.717, 1.165) is 62.9 Å². The molecule has 0 radical (unpaired) electrons. The lowest BCUT2D eigenvalue weighted by Gasteiger charge is -2.26. The van der Waals surface area contributed by atoms with E-state index in [1.807, 2.05) is 10.9 Å². The molecule has 4 N–H and O–H groups in total. The van der Waals surface area contributed by atoms with Gasteiger partial charge in [0.05, 0.1) is 24.0 Å². The van der Waals surface area contributed by atoms with Gasteiger partial charge in [-0.25, -0.2) is 8.78 Å². The van der Waals surface area contributed by atoms with Crippen molar-refractivity contribution < 1.29 is 18.3 Å². The van der Waals surface area contributed by atoms with Crippen molar-refractivity contribution in [2.75, 3.05) is 38.0 Å². The maximum absolute atomic E-state index is 14.1. The van der Waals surface area contributed by atoms with Crippen LogP contribution in [0.15, 0.2) is 29.0 Å². The Hall–Kier alpha value is -2.61. The Kier molecular flexibility index (Phi) is 7.53. The largest absolute Gasteiger partial charge is 0.471 e. The van der Waals surface area contributed by atoms with Crippen molar-refractivity contribution in [2.24, 2.45) is 5.73 Å². The van der Waals surface area contributed by atoms with Gasteiger partial charge in [0.1, 0.15) is 28.8 Å². The number of hydrogen-bond donors (Lipinski definition) is 3. The number of aromatic nitrogens is 3. The molecule has 2 aromatic heterocycles. The minimum Gasteiger partial charge on any atom is -0.471 e. The summed E-state index contributed by atoms with van der Waals surface area (Å²) in [6.45, 7) is 5.15. The predicted molar refractivity (Wildman–Crippen MR) is 124 cm³/mol. The smallest absolute Gasteiger partial charge is 0.257 e. The summed E-state index contributed by atoms with van der Waals surface area (Å²) in [6.07, 6.45) is 3.45. The number of ether oxygens (including phenoxy) is 1. The van der Waals surface area contributed by atoms with E-state index in [9.17, 15) is 13.6 Å². The predicted octanol–water partition coefficient (Wildman–Crippen LogP) is 2.71. The van der Waals surface area contributed by atoms with Crippen LogP contribution in [0.5, 0.6) is 5.88 Å². The van der Waals surface area contributed by atoms with Crippen molar-refractivity contribution in [1.29, 1.82) is 0 Å². The van der Waals surface area contributed by atoms with Crippen molar-refractivity contribution in [1.82, 2.24) is 24.4 Å². The molecule has 3 aromatic rings. The Balaban J connectivity index is 1.42. The minimum atomic E-state index is -0.774. The number of carbonyl (C=O) groups is 1. The van der Waals surface area contributed by atoms with Crippen LogP contribution in [0.2, 0.25) is 0 Å². The van der Waals surface area contributed by atoms with E-state index in [-0.39, 0.29) is 21.5 Å². The van der Waals surface area contributed by atoms with Crippen molar-refractivity contribution >= 4 is 44.1 Å². The second kappa shape index (κ2) is 10.5. The molecule has 1 amide bonds. The fraction of sp³-hybridized carbons (Fsp3) is 0.350. The van der Waals surface area contributed by atoms with Crippen molar-refractivity contribution in [2.45, 2.75) is 13.2 Å². The maximum Gasteiger partial charge on any atom is 0.257 e. The molecular weight excluding hydrogens is 520 g/mol. The van der Waals surface area contributed by atoms with Crippen LogP contribution in [0, 0.1) is 11.6 Å². The van der Waals surface area contributed by atoms with Gasteiger partial charge in [-0.2, -0.15) is 9.47 Å². The Morgan fingerprint density at radius 2 is 2.00 bits per heavy atom. The van der Waals surface area contributed by atoms with E-state index in [1.165, 1.54) is 0 Å². The summed E-state index contributed by atoms with van der Waals surface area (Å²) in [5.74, 6) is -2.42. The molecule has 9 nitrogen and oxygen atoms in total. The molecule has 0 saturated carbocycles. The first-order chi connectivity index (χ1) is 15.9. The van der Waals surface area contributed by atoms with Crippen LogP contribution in [-0.4, -0.2) is 57.7 Å². The molecule has 3 heterocycles. The van der Waals surface area contributed by atoms with Gasteiger partial charge >= 0.3 is 0 Å². The molecular formula is C20H22BrF2N7O2S. The molecule has 33 heavy (non-hydrogen) atoms. The number of hydrogen-bond acceptors (Lipinski definition) is 8. The average molecular weight is 542 g/mol. The first-order valence-corrected chi connectivity index (χ1v) is 11.8. The molecule has 1 aliphatic rings. The fourth-order valence-electron chi connectivity index (χ4n) is 3.39. The van der Waals surface area contributed by atoms with Gasteiger partial charge in [0.15, 0.2) is 0 Å². The van der Waals surface area contributed by atoms with E-state index in [0.29, 0.717) is 10.7 Å². The molecule has 1 fully saturated rings.